The number of H-pyrrole nitrogens is 2. The minimum absolute atomic E-state index is 0.0439. The largest absolute Gasteiger partial charge is 0.351 e. The van der Waals surface area contributed by atoms with Crippen molar-refractivity contribution in [3.8, 4) is 0 Å². The number of para-hydroxylation sites is 1. The first-order chi connectivity index (χ1) is 13.9. The highest BCUT2D eigenvalue weighted by atomic mass is 19.2. The number of carbonyl (C=O) groups is 1. The summed E-state index contributed by atoms with van der Waals surface area (Å²) in [7, 11) is 0. The van der Waals surface area contributed by atoms with Gasteiger partial charge in [-0.05, 0) is 49.1 Å². The SMILES string of the molecule is CCN(C(=O)c1cc2ccccc2[nH]1)C(C)c1c[nH]c(=O)c2cc(F)c(F)cc12. The van der Waals surface area contributed by atoms with Crippen molar-refractivity contribution >= 4 is 27.6 Å². The van der Waals surface area contributed by atoms with Gasteiger partial charge < -0.3 is 14.9 Å². The molecule has 2 N–H and O–H groups in total. The van der Waals surface area contributed by atoms with Gasteiger partial charge in [-0.1, -0.05) is 18.2 Å². The first kappa shape index (κ1) is 18.9. The molecule has 4 rings (SSSR count). The molecule has 1 amide bonds. The fourth-order valence-electron chi connectivity index (χ4n) is 3.72. The Bertz CT molecular complexity index is 1260. The van der Waals surface area contributed by atoms with Gasteiger partial charge in [-0.25, -0.2) is 8.78 Å². The van der Waals surface area contributed by atoms with E-state index in [4.69, 9.17) is 0 Å². The Balaban J connectivity index is 1.78. The summed E-state index contributed by atoms with van der Waals surface area (Å²) in [5, 5.41) is 1.25. The number of hydrogen-bond acceptors (Lipinski definition) is 2. The number of pyridine rings is 1. The van der Waals surface area contributed by atoms with E-state index in [1.54, 1.807) is 17.9 Å². The second-order valence-electron chi connectivity index (χ2n) is 6.92. The highest BCUT2D eigenvalue weighted by molar-refractivity contribution is 5.98. The maximum Gasteiger partial charge on any atom is 0.270 e. The molecule has 0 saturated heterocycles. The standard InChI is InChI=1S/C22H19F2N3O2/c1-3-27(22(29)20-8-13-6-4-5-7-19(13)26-20)12(2)16-11-25-21(28)15-10-18(24)17(23)9-14(15)16/h4-12,26H,3H2,1-2H3,(H,25,28). The van der Waals surface area contributed by atoms with Crippen LogP contribution in [-0.4, -0.2) is 27.3 Å². The van der Waals surface area contributed by atoms with E-state index in [9.17, 15) is 18.4 Å². The van der Waals surface area contributed by atoms with Gasteiger partial charge in [0.25, 0.3) is 11.5 Å². The number of carbonyl (C=O) groups excluding carboxylic acids is 1. The van der Waals surface area contributed by atoms with Gasteiger partial charge in [-0.2, -0.15) is 0 Å². The summed E-state index contributed by atoms with van der Waals surface area (Å²) in [5.41, 5.74) is 1.31. The Morgan fingerprint density at radius 1 is 1.10 bits per heavy atom. The zero-order valence-electron chi connectivity index (χ0n) is 15.9. The molecule has 0 aliphatic heterocycles. The van der Waals surface area contributed by atoms with E-state index in [-0.39, 0.29) is 16.7 Å². The van der Waals surface area contributed by atoms with E-state index in [1.165, 1.54) is 6.20 Å². The summed E-state index contributed by atoms with van der Waals surface area (Å²) in [5.74, 6) is -2.35. The van der Waals surface area contributed by atoms with Gasteiger partial charge in [0.1, 0.15) is 5.69 Å². The first-order valence-electron chi connectivity index (χ1n) is 9.29. The molecule has 0 aliphatic rings. The molecule has 2 aromatic heterocycles. The lowest BCUT2D eigenvalue weighted by Gasteiger charge is -2.28. The minimum Gasteiger partial charge on any atom is -0.351 e. The first-order valence-corrected chi connectivity index (χ1v) is 9.29. The summed E-state index contributed by atoms with van der Waals surface area (Å²) in [6.07, 6.45) is 1.45. The van der Waals surface area contributed by atoms with Gasteiger partial charge in [-0.15, -0.1) is 0 Å². The molecule has 29 heavy (non-hydrogen) atoms. The topological polar surface area (TPSA) is 69.0 Å². The summed E-state index contributed by atoms with van der Waals surface area (Å²) in [6.45, 7) is 4.02. The highest BCUT2D eigenvalue weighted by Gasteiger charge is 2.25. The van der Waals surface area contributed by atoms with Crippen LogP contribution >= 0.6 is 0 Å². The van der Waals surface area contributed by atoms with Crippen molar-refractivity contribution in [3.63, 3.8) is 0 Å². The Labute approximate surface area is 165 Å². The fraction of sp³-hybridized carbons (Fsp3) is 0.182. The van der Waals surface area contributed by atoms with Crippen LogP contribution in [0.5, 0.6) is 0 Å². The number of aromatic nitrogens is 2. The van der Waals surface area contributed by atoms with Crippen molar-refractivity contribution in [2.24, 2.45) is 0 Å². The fourth-order valence-corrected chi connectivity index (χ4v) is 3.72. The molecule has 5 nitrogen and oxygen atoms in total. The number of aromatic amines is 2. The summed E-state index contributed by atoms with van der Waals surface area (Å²) >= 11 is 0. The van der Waals surface area contributed by atoms with E-state index in [1.807, 2.05) is 31.2 Å². The van der Waals surface area contributed by atoms with Crippen LogP contribution in [0.2, 0.25) is 0 Å². The third-order valence-corrected chi connectivity index (χ3v) is 5.25. The third kappa shape index (κ3) is 3.18. The molecule has 2 heterocycles. The monoisotopic (exact) mass is 395 g/mol. The lowest BCUT2D eigenvalue weighted by molar-refractivity contribution is 0.0698. The predicted molar refractivity (Wildman–Crippen MR) is 108 cm³/mol. The number of fused-ring (bicyclic) bond motifs is 2. The Hall–Kier alpha value is -3.48. The van der Waals surface area contributed by atoms with Crippen LogP contribution in [0.1, 0.15) is 35.9 Å². The molecule has 0 bridgehead atoms. The van der Waals surface area contributed by atoms with Crippen molar-refractivity contribution in [1.29, 1.82) is 0 Å². The van der Waals surface area contributed by atoms with Crippen LogP contribution < -0.4 is 5.56 Å². The van der Waals surface area contributed by atoms with Crippen molar-refractivity contribution in [2.75, 3.05) is 6.54 Å². The smallest absolute Gasteiger partial charge is 0.270 e. The molecule has 148 valence electrons. The molecule has 0 spiro atoms. The average molecular weight is 395 g/mol. The van der Waals surface area contributed by atoms with Crippen LogP contribution in [0.15, 0.2) is 53.5 Å². The quantitative estimate of drug-likeness (QED) is 0.534. The van der Waals surface area contributed by atoms with E-state index >= 15 is 0 Å². The minimum atomic E-state index is -1.09. The Morgan fingerprint density at radius 2 is 1.79 bits per heavy atom. The van der Waals surface area contributed by atoms with Crippen LogP contribution in [0.25, 0.3) is 21.7 Å². The number of amides is 1. The van der Waals surface area contributed by atoms with Crippen molar-refractivity contribution < 1.29 is 13.6 Å². The normalized spacial score (nSPS) is 12.4. The average Bonchev–Trinajstić information content (AvgIpc) is 3.14. The molecular formula is C22H19F2N3O2. The molecule has 7 heteroatoms. The number of nitrogens with one attached hydrogen (secondary N) is 2. The zero-order chi connectivity index (χ0) is 20.7. The zero-order valence-corrected chi connectivity index (χ0v) is 15.9. The second kappa shape index (κ2) is 7.16. The van der Waals surface area contributed by atoms with Gasteiger partial charge >= 0.3 is 0 Å². The molecule has 0 aliphatic carbocycles. The van der Waals surface area contributed by atoms with Gasteiger partial charge in [0, 0.05) is 23.6 Å². The van der Waals surface area contributed by atoms with E-state index in [0.29, 0.717) is 17.8 Å². The van der Waals surface area contributed by atoms with Crippen LogP contribution in [-0.2, 0) is 0 Å². The van der Waals surface area contributed by atoms with Crippen LogP contribution in [0.4, 0.5) is 8.78 Å². The molecule has 4 aromatic rings. The highest BCUT2D eigenvalue weighted by Crippen LogP contribution is 2.29. The van der Waals surface area contributed by atoms with E-state index < -0.39 is 23.2 Å². The molecule has 2 aromatic carbocycles. The van der Waals surface area contributed by atoms with Crippen LogP contribution in [0, 0.1) is 11.6 Å². The van der Waals surface area contributed by atoms with Crippen molar-refractivity contribution in [2.45, 2.75) is 19.9 Å². The molecular weight excluding hydrogens is 376 g/mol. The maximum atomic E-state index is 13.9. The second-order valence-corrected chi connectivity index (χ2v) is 6.92. The Kier molecular flexibility index (Phi) is 4.66. The van der Waals surface area contributed by atoms with E-state index in [0.717, 1.165) is 23.0 Å². The summed E-state index contributed by atoms with van der Waals surface area (Å²) in [6, 6.07) is 10.8. The number of hydrogen-bond donors (Lipinski definition) is 2. The summed E-state index contributed by atoms with van der Waals surface area (Å²) < 4.78 is 27.5. The Morgan fingerprint density at radius 3 is 2.48 bits per heavy atom. The van der Waals surface area contributed by atoms with Crippen molar-refractivity contribution in [3.05, 3.63) is 81.9 Å². The van der Waals surface area contributed by atoms with Crippen LogP contribution in [0.3, 0.4) is 0 Å². The van der Waals surface area contributed by atoms with Gasteiger partial charge in [0.2, 0.25) is 0 Å². The number of rotatable bonds is 4. The maximum absolute atomic E-state index is 13.9. The lowest BCUT2D eigenvalue weighted by Crippen LogP contribution is -2.34. The number of benzene rings is 2. The number of nitrogens with zero attached hydrogens (tertiary/aromatic N) is 1. The van der Waals surface area contributed by atoms with Gasteiger partial charge in [0.05, 0.1) is 11.4 Å². The van der Waals surface area contributed by atoms with Gasteiger partial charge in [0.15, 0.2) is 11.6 Å². The summed E-state index contributed by atoms with van der Waals surface area (Å²) in [4.78, 5) is 32.5. The predicted octanol–water partition coefficient (Wildman–Crippen LogP) is 4.51. The molecule has 0 fully saturated rings. The third-order valence-electron chi connectivity index (χ3n) is 5.25. The number of halogens is 2. The van der Waals surface area contributed by atoms with Gasteiger partial charge in [-0.3, -0.25) is 9.59 Å². The molecule has 1 atom stereocenters. The van der Waals surface area contributed by atoms with Crippen molar-refractivity contribution in [1.82, 2.24) is 14.9 Å². The lowest BCUT2D eigenvalue weighted by atomic mass is 10.0. The molecule has 0 saturated carbocycles. The molecule has 0 radical (unpaired) electrons. The van der Waals surface area contributed by atoms with E-state index in [2.05, 4.69) is 9.97 Å². The molecule has 1 unspecified atom stereocenters.